The van der Waals surface area contributed by atoms with Crippen molar-refractivity contribution in [1.82, 2.24) is 14.9 Å². The van der Waals surface area contributed by atoms with Crippen LogP contribution in [0.4, 0.5) is 11.8 Å². The lowest BCUT2D eigenvalue weighted by Gasteiger charge is -2.42. The Morgan fingerprint density at radius 1 is 1.43 bits per heavy atom. The molecule has 5 nitrogen and oxygen atoms in total. The number of nitrogens with one attached hydrogen (secondary N) is 1. The Labute approximate surface area is 137 Å². The van der Waals surface area contributed by atoms with Crippen LogP contribution in [0.15, 0.2) is 49.5 Å². The monoisotopic (exact) mass is 309 g/mol. The standard InChI is InChI=1S/C18H23N5/c1-5-13(2)22-11-15(12-22)8-9-23-14(3)6-7-16-10-20-18(19-4)21-17(16)23/h5-7,10,15H,1-3,8-9,11-12H2,4H3,(H,19,20,21). The van der Waals surface area contributed by atoms with Crippen LogP contribution in [-0.2, 0) is 0 Å². The SMILES string of the molecule is C=CC(=C)N1CC(CCN2C(=C)C=Cc3cnc(NC)nc32)C1. The van der Waals surface area contributed by atoms with Crippen molar-refractivity contribution >= 4 is 17.8 Å². The lowest BCUT2D eigenvalue weighted by atomic mass is 9.95. The summed E-state index contributed by atoms with van der Waals surface area (Å²) < 4.78 is 0. The predicted molar refractivity (Wildman–Crippen MR) is 96.1 cm³/mol. The molecule has 0 aliphatic carbocycles. The van der Waals surface area contributed by atoms with Gasteiger partial charge in [-0.1, -0.05) is 19.7 Å². The van der Waals surface area contributed by atoms with Crippen molar-refractivity contribution < 1.29 is 0 Å². The molecule has 23 heavy (non-hydrogen) atoms. The van der Waals surface area contributed by atoms with Crippen molar-refractivity contribution in [1.29, 1.82) is 0 Å². The van der Waals surface area contributed by atoms with E-state index < -0.39 is 0 Å². The molecule has 5 heteroatoms. The Morgan fingerprint density at radius 2 is 2.22 bits per heavy atom. The summed E-state index contributed by atoms with van der Waals surface area (Å²) in [5.41, 5.74) is 3.03. The average Bonchev–Trinajstić information content (AvgIpc) is 2.54. The average molecular weight is 309 g/mol. The molecule has 2 aliphatic rings. The summed E-state index contributed by atoms with van der Waals surface area (Å²) in [7, 11) is 1.83. The summed E-state index contributed by atoms with van der Waals surface area (Å²) >= 11 is 0. The molecule has 0 bridgehead atoms. The van der Waals surface area contributed by atoms with E-state index >= 15 is 0 Å². The highest BCUT2D eigenvalue weighted by Crippen LogP contribution is 2.30. The number of nitrogens with zero attached hydrogens (tertiary/aromatic N) is 4. The lowest BCUT2D eigenvalue weighted by molar-refractivity contribution is 0.143. The fourth-order valence-electron chi connectivity index (χ4n) is 2.93. The lowest BCUT2D eigenvalue weighted by Crippen LogP contribution is -2.46. The van der Waals surface area contributed by atoms with Crippen LogP contribution in [0.3, 0.4) is 0 Å². The van der Waals surface area contributed by atoms with E-state index in [0.717, 1.165) is 48.8 Å². The van der Waals surface area contributed by atoms with Gasteiger partial charge in [-0.05, 0) is 30.6 Å². The van der Waals surface area contributed by atoms with E-state index in [4.69, 9.17) is 0 Å². The molecule has 0 radical (unpaired) electrons. The summed E-state index contributed by atoms with van der Waals surface area (Å²) in [4.78, 5) is 13.3. The number of allylic oxidation sites excluding steroid dienone is 2. The Kier molecular flexibility index (Phi) is 4.19. The van der Waals surface area contributed by atoms with Gasteiger partial charge in [0.1, 0.15) is 5.82 Å². The molecule has 0 unspecified atom stereocenters. The molecule has 1 aromatic heterocycles. The molecule has 1 aromatic rings. The van der Waals surface area contributed by atoms with E-state index in [2.05, 4.69) is 44.8 Å². The minimum Gasteiger partial charge on any atom is -0.371 e. The van der Waals surface area contributed by atoms with Gasteiger partial charge in [0.25, 0.3) is 0 Å². The van der Waals surface area contributed by atoms with Crippen LogP contribution in [-0.4, -0.2) is 41.5 Å². The number of rotatable bonds is 6. The van der Waals surface area contributed by atoms with Crippen molar-refractivity contribution in [3.63, 3.8) is 0 Å². The normalized spacial score (nSPS) is 16.8. The van der Waals surface area contributed by atoms with Crippen molar-refractivity contribution in [2.24, 2.45) is 5.92 Å². The highest BCUT2D eigenvalue weighted by atomic mass is 15.2. The zero-order chi connectivity index (χ0) is 16.4. The van der Waals surface area contributed by atoms with Crippen LogP contribution in [0, 0.1) is 5.92 Å². The molecule has 0 amide bonds. The van der Waals surface area contributed by atoms with Gasteiger partial charge in [0.2, 0.25) is 5.95 Å². The predicted octanol–water partition coefficient (Wildman–Crippen LogP) is 2.89. The van der Waals surface area contributed by atoms with Crippen LogP contribution < -0.4 is 10.2 Å². The number of hydrogen-bond donors (Lipinski definition) is 1. The molecule has 3 heterocycles. The van der Waals surface area contributed by atoms with Gasteiger partial charge in [-0.3, -0.25) is 0 Å². The second kappa shape index (κ2) is 6.28. The molecule has 120 valence electrons. The summed E-state index contributed by atoms with van der Waals surface area (Å²) in [5.74, 6) is 2.25. The van der Waals surface area contributed by atoms with E-state index in [1.54, 1.807) is 0 Å². The molecule has 3 rings (SSSR count). The topological polar surface area (TPSA) is 44.3 Å². The van der Waals surface area contributed by atoms with E-state index in [1.165, 1.54) is 0 Å². The Bertz CT molecular complexity index is 670. The Balaban J connectivity index is 1.65. The second-order valence-electron chi connectivity index (χ2n) is 5.95. The third kappa shape index (κ3) is 2.99. The highest BCUT2D eigenvalue weighted by molar-refractivity contribution is 5.73. The van der Waals surface area contributed by atoms with Gasteiger partial charge >= 0.3 is 0 Å². The molecular formula is C18H23N5. The van der Waals surface area contributed by atoms with Gasteiger partial charge in [0.15, 0.2) is 0 Å². The smallest absolute Gasteiger partial charge is 0.224 e. The molecule has 0 atom stereocenters. The minimum atomic E-state index is 0.633. The van der Waals surface area contributed by atoms with Crippen LogP contribution in [0.25, 0.3) is 6.08 Å². The maximum atomic E-state index is 4.60. The first-order chi connectivity index (χ1) is 11.1. The number of hydrogen-bond acceptors (Lipinski definition) is 5. The van der Waals surface area contributed by atoms with Gasteiger partial charge in [-0.2, -0.15) is 4.98 Å². The maximum Gasteiger partial charge on any atom is 0.224 e. The quantitative estimate of drug-likeness (QED) is 0.819. The third-order valence-electron chi connectivity index (χ3n) is 4.44. The van der Waals surface area contributed by atoms with E-state index in [1.807, 2.05) is 31.5 Å². The van der Waals surface area contributed by atoms with E-state index in [0.29, 0.717) is 11.9 Å². The van der Waals surface area contributed by atoms with Crippen LogP contribution in [0.5, 0.6) is 0 Å². The van der Waals surface area contributed by atoms with Crippen molar-refractivity contribution in [2.45, 2.75) is 6.42 Å². The first-order valence-electron chi connectivity index (χ1n) is 7.88. The first kappa shape index (κ1) is 15.3. The van der Waals surface area contributed by atoms with Crippen molar-refractivity contribution in [2.75, 3.05) is 36.9 Å². The molecule has 2 aliphatic heterocycles. The van der Waals surface area contributed by atoms with Crippen molar-refractivity contribution in [3.05, 3.63) is 55.0 Å². The molecule has 1 saturated heterocycles. The van der Waals surface area contributed by atoms with Crippen LogP contribution in [0.2, 0.25) is 0 Å². The van der Waals surface area contributed by atoms with Gasteiger partial charge in [-0.25, -0.2) is 4.98 Å². The Morgan fingerprint density at radius 3 is 2.91 bits per heavy atom. The zero-order valence-electron chi connectivity index (χ0n) is 13.6. The van der Waals surface area contributed by atoms with E-state index in [9.17, 15) is 0 Å². The zero-order valence-corrected chi connectivity index (χ0v) is 13.6. The van der Waals surface area contributed by atoms with Crippen molar-refractivity contribution in [3.8, 4) is 0 Å². The molecule has 0 saturated carbocycles. The first-order valence-corrected chi connectivity index (χ1v) is 7.88. The van der Waals surface area contributed by atoms with E-state index in [-0.39, 0.29) is 0 Å². The highest BCUT2D eigenvalue weighted by Gasteiger charge is 2.28. The summed E-state index contributed by atoms with van der Waals surface area (Å²) in [6.07, 6.45) is 8.82. The molecule has 0 spiro atoms. The minimum absolute atomic E-state index is 0.633. The number of fused-ring (bicyclic) bond motifs is 1. The summed E-state index contributed by atoms with van der Waals surface area (Å²) in [6, 6.07) is 0. The second-order valence-corrected chi connectivity index (χ2v) is 5.95. The number of anilines is 2. The van der Waals surface area contributed by atoms with Gasteiger partial charge in [0.05, 0.1) is 0 Å². The van der Waals surface area contributed by atoms with Gasteiger partial charge in [0, 0.05) is 49.8 Å². The molecule has 0 aromatic carbocycles. The van der Waals surface area contributed by atoms with Gasteiger partial charge < -0.3 is 15.1 Å². The molecule has 1 fully saturated rings. The van der Waals surface area contributed by atoms with Gasteiger partial charge in [-0.15, -0.1) is 0 Å². The Hall–Kier alpha value is -2.56. The summed E-state index contributed by atoms with van der Waals surface area (Å²) in [5, 5.41) is 3.00. The van der Waals surface area contributed by atoms with Crippen LogP contribution >= 0.6 is 0 Å². The molecular weight excluding hydrogens is 286 g/mol. The largest absolute Gasteiger partial charge is 0.371 e. The number of aromatic nitrogens is 2. The third-order valence-corrected chi connectivity index (χ3v) is 4.44. The summed E-state index contributed by atoms with van der Waals surface area (Å²) in [6.45, 7) is 14.9. The molecule has 1 N–H and O–H groups in total. The fraction of sp³-hybridized carbons (Fsp3) is 0.333. The van der Waals surface area contributed by atoms with Crippen LogP contribution in [0.1, 0.15) is 12.0 Å². The maximum absolute atomic E-state index is 4.60. The number of likely N-dealkylation sites (tertiary alicyclic amines) is 1. The fourth-order valence-corrected chi connectivity index (χ4v) is 2.93.